The highest BCUT2D eigenvalue weighted by molar-refractivity contribution is 5.94. The van der Waals surface area contributed by atoms with Gasteiger partial charge >= 0.3 is 11.9 Å². The van der Waals surface area contributed by atoms with Gasteiger partial charge in [0, 0.05) is 6.42 Å². The van der Waals surface area contributed by atoms with Gasteiger partial charge in [0.2, 0.25) is 0 Å². The van der Waals surface area contributed by atoms with Crippen molar-refractivity contribution in [3.8, 4) is 11.8 Å². The first-order valence-electron chi connectivity index (χ1n) is 6.07. The molecule has 0 radical (unpaired) electrons. The van der Waals surface area contributed by atoms with Crippen LogP contribution < -0.4 is 0 Å². The predicted octanol–water partition coefficient (Wildman–Crippen LogP) is 0.895. The smallest absolute Gasteiger partial charge is 0.320 e. The number of aliphatic hydroxyl groups excluding tert-OH is 1. The van der Waals surface area contributed by atoms with Crippen LogP contribution in [0, 0.1) is 17.8 Å². The van der Waals surface area contributed by atoms with Gasteiger partial charge in [0.1, 0.15) is 6.61 Å². The van der Waals surface area contributed by atoms with Crippen LogP contribution in [0.4, 0.5) is 0 Å². The fraction of sp³-hybridized carbons (Fsp3) is 0.692. The van der Waals surface area contributed by atoms with Crippen molar-refractivity contribution in [3.63, 3.8) is 0 Å². The van der Waals surface area contributed by atoms with Crippen LogP contribution in [0.5, 0.6) is 0 Å². The van der Waals surface area contributed by atoms with Gasteiger partial charge in [0.05, 0.1) is 13.2 Å². The second-order valence-corrected chi connectivity index (χ2v) is 3.46. The topological polar surface area (TPSA) is 72.8 Å². The van der Waals surface area contributed by atoms with Gasteiger partial charge in [-0.15, -0.1) is 5.92 Å². The number of esters is 2. The Bertz CT molecular complexity index is 295. The Morgan fingerprint density at radius 3 is 2.11 bits per heavy atom. The van der Waals surface area contributed by atoms with E-state index in [9.17, 15) is 9.59 Å². The van der Waals surface area contributed by atoms with Gasteiger partial charge in [-0.1, -0.05) is 5.92 Å². The summed E-state index contributed by atoms with van der Waals surface area (Å²) in [6, 6.07) is 0. The number of ether oxygens (including phenoxy) is 2. The molecule has 18 heavy (non-hydrogen) atoms. The zero-order chi connectivity index (χ0) is 13.8. The van der Waals surface area contributed by atoms with Crippen molar-refractivity contribution in [1.82, 2.24) is 0 Å². The molecule has 0 saturated heterocycles. The number of hydrogen-bond acceptors (Lipinski definition) is 5. The Morgan fingerprint density at radius 2 is 1.67 bits per heavy atom. The zero-order valence-corrected chi connectivity index (χ0v) is 10.9. The molecular formula is C13H20O5. The Kier molecular flexibility index (Phi) is 9.70. The summed E-state index contributed by atoms with van der Waals surface area (Å²) in [5.41, 5.74) is 0. The van der Waals surface area contributed by atoms with Crippen LogP contribution in [-0.4, -0.2) is 36.9 Å². The summed E-state index contributed by atoms with van der Waals surface area (Å²) in [5.74, 6) is 3.26. The fourth-order valence-corrected chi connectivity index (χ4v) is 1.36. The van der Waals surface area contributed by atoms with Crippen molar-refractivity contribution >= 4 is 11.9 Å². The molecular weight excluding hydrogens is 236 g/mol. The third-order valence-corrected chi connectivity index (χ3v) is 2.14. The largest absolute Gasteiger partial charge is 0.465 e. The summed E-state index contributed by atoms with van der Waals surface area (Å²) in [6.45, 7) is 3.66. The van der Waals surface area contributed by atoms with Gasteiger partial charge in [0.25, 0.3) is 0 Å². The lowest BCUT2D eigenvalue weighted by molar-refractivity contribution is -0.161. The van der Waals surface area contributed by atoms with E-state index in [1.54, 1.807) is 13.8 Å². The molecule has 0 aliphatic heterocycles. The molecule has 0 atom stereocenters. The van der Waals surface area contributed by atoms with Gasteiger partial charge in [-0.2, -0.15) is 0 Å². The molecule has 0 amide bonds. The minimum Gasteiger partial charge on any atom is -0.465 e. The van der Waals surface area contributed by atoms with Crippen LogP contribution >= 0.6 is 0 Å². The van der Waals surface area contributed by atoms with Gasteiger partial charge in [-0.3, -0.25) is 9.59 Å². The highest BCUT2D eigenvalue weighted by atomic mass is 16.6. The van der Waals surface area contributed by atoms with Crippen LogP contribution in [0.2, 0.25) is 0 Å². The number of carbonyl (C=O) groups excluding carboxylic acids is 2. The van der Waals surface area contributed by atoms with Gasteiger partial charge in [-0.25, -0.2) is 0 Å². The summed E-state index contributed by atoms with van der Waals surface area (Å²) in [4.78, 5) is 23.2. The highest BCUT2D eigenvalue weighted by Gasteiger charge is 2.28. The van der Waals surface area contributed by atoms with E-state index < -0.39 is 17.9 Å². The van der Waals surface area contributed by atoms with E-state index >= 15 is 0 Å². The van der Waals surface area contributed by atoms with E-state index in [-0.39, 0.29) is 19.8 Å². The van der Waals surface area contributed by atoms with E-state index in [4.69, 9.17) is 14.6 Å². The van der Waals surface area contributed by atoms with E-state index in [2.05, 4.69) is 11.8 Å². The van der Waals surface area contributed by atoms with Crippen molar-refractivity contribution in [1.29, 1.82) is 0 Å². The third-order valence-electron chi connectivity index (χ3n) is 2.14. The highest BCUT2D eigenvalue weighted by Crippen LogP contribution is 2.13. The molecule has 5 heteroatoms. The first-order chi connectivity index (χ1) is 8.67. The molecule has 5 nitrogen and oxygen atoms in total. The molecule has 0 heterocycles. The van der Waals surface area contributed by atoms with Crippen molar-refractivity contribution in [2.24, 2.45) is 5.92 Å². The molecule has 0 aliphatic carbocycles. The molecule has 102 valence electrons. The molecule has 1 N–H and O–H groups in total. The van der Waals surface area contributed by atoms with Crippen molar-refractivity contribution in [2.45, 2.75) is 33.1 Å². The standard InChI is InChI=1S/C13H20O5/c1-3-17-12(15)11(13(16)18-4-2)9-7-5-6-8-10-14/h11,14H,3-5,7,9-10H2,1-2H3. The Balaban J connectivity index is 4.29. The lowest BCUT2D eigenvalue weighted by atomic mass is 10.0. The molecule has 0 spiro atoms. The van der Waals surface area contributed by atoms with Crippen molar-refractivity contribution in [3.05, 3.63) is 0 Å². The minimum atomic E-state index is -0.874. The molecule has 0 aromatic rings. The van der Waals surface area contributed by atoms with E-state index in [1.165, 1.54) is 0 Å². The molecule has 0 fully saturated rings. The Labute approximate surface area is 107 Å². The number of unbranched alkanes of at least 4 members (excludes halogenated alkanes) is 1. The fourth-order valence-electron chi connectivity index (χ4n) is 1.36. The maximum Gasteiger partial charge on any atom is 0.320 e. The maximum atomic E-state index is 11.6. The van der Waals surface area contributed by atoms with Gasteiger partial charge < -0.3 is 14.6 Å². The minimum absolute atomic E-state index is 0.181. The first kappa shape index (κ1) is 16.5. The van der Waals surface area contributed by atoms with Gasteiger partial charge in [0.15, 0.2) is 5.92 Å². The van der Waals surface area contributed by atoms with E-state index in [0.29, 0.717) is 19.3 Å². The molecule has 0 bridgehead atoms. The summed E-state index contributed by atoms with van der Waals surface area (Å²) in [7, 11) is 0. The number of rotatable bonds is 7. The SMILES string of the molecule is CCOC(=O)C(CCCC#CCO)C(=O)OCC. The molecule has 0 aromatic carbocycles. The van der Waals surface area contributed by atoms with Crippen LogP contribution in [0.3, 0.4) is 0 Å². The summed E-state index contributed by atoms with van der Waals surface area (Å²) in [6.07, 6.45) is 1.45. The second kappa shape index (κ2) is 10.6. The monoisotopic (exact) mass is 256 g/mol. The van der Waals surface area contributed by atoms with Crippen LogP contribution in [0.1, 0.15) is 33.1 Å². The summed E-state index contributed by atoms with van der Waals surface area (Å²) >= 11 is 0. The average Bonchev–Trinajstić information content (AvgIpc) is 2.34. The third kappa shape index (κ3) is 6.92. The molecule has 0 unspecified atom stereocenters. The average molecular weight is 256 g/mol. The molecule has 0 rings (SSSR count). The van der Waals surface area contributed by atoms with Crippen molar-refractivity contribution < 1.29 is 24.2 Å². The van der Waals surface area contributed by atoms with E-state index in [0.717, 1.165) is 0 Å². The second-order valence-electron chi connectivity index (χ2n) is 3.46. The number of carbonyl (C=O) groups is 2. The van der Waals surface area contributed by atoms with Crippen LogP contribution in [0.15, 0.2) is 0 Å². The molecule has 0 aliphatic rings. The molecule has 0 aromatic heterocycles. The van der Waals surface area contributed by atoms with E-state index in [1.807, 2.05) is 0 Å². The summed E-state index contributed by atoms with van der Waals surface area (Å²) in [5, 5.41) is 8.47. The lowest BCUT2D eigenvalue weighted by Gasteiger charge is -2.13. The van der Waals surface area contributed by atoms with Crippen LogP contribution in [0.25, 0.3) is 0 Å². The summed E-state index contributed by atoms with van der Waals surface area (Å²) < 4.78 is 9.67. The Hall–Kier alpha value is -1.54. The predicted molar refractivity (Wildman–Crippen MR) is 65.5 cm³/mol. The lowest BCUT2D eigenvalue weighted by Crippen LogP contribution is -2.28. The normalized spacial score (nSPS) is 9.56. The van der Waals surface area contributed by atoms with Gasteiger partial charge in [-0.05, 0) is 26.7 Å². The van der Waals surface area contributed by atoms with Crippen molar-refractivity contribution in [2.75, 3.05) is 19.8 Å². The number of aliphatic hydroxyl groups is 1. The quantitative estimate of drug-likeness (QED) is 0.317. The number of hydrogen-bond donors (Lipinski definition) is 1. The van der Waals surface area contributed by atoms with Crippen LogP contribution in [-0.2, 0) is 19.1 Å². The zero-order valence-electron chi connectivity index (χ0n) is 10.9. The first-order valence-corrected chi connectivity index (χ1v) is 6.07. The molecule has 0 saturated carbocycles. The Morgan fingerprint density at radius 1 is 1.11 bits per heavy atom. The maximum absolute atomic E-state index is 11.6.